The fourth-order valence-corrected chi connectivity index (χ4v) is 0.275. The van der Waals surface area contributed by atoms with Crippen molar-refractivity contribution in [2.45, 2.75) is 5.44 Å². The van der Waals surface area contributed by atoms with E-state index in [0.717, 1.165) is 0 Å². The van der Waals surface area contributed by atoms with Crippen LogP contribution >= 0.6 is 0 Å². The summed E-state index contributed by atoms with van der Waals surface area (Å²) in [4.78, 5) is 5.23. The molecule has 90 valence electrons. The molecule has 12 heteroatoms. The predicted octanol–water partition coefficient (Wildman–Crippen LogP) is 1.34. The van der Waals surface area contributed by atoms with Crippen molar-refractivity contribution in [2.24, 2.45) is 0 Å². The highest BCUT2D eigenvalue weighted by Crippen LogP contribution is 2.23. The van der Waals surface area contributed by atoms with Crippen molar-refractivity contribution in [3.8, 4) is 0 Å². The van der Waals surface area contributed by atoms with Gasteiger partial charge in [-0.25, -0.2) is 0 Å². The number of halogens is 5. The molecule has 0 aliphatic rings. The van der Waals surface area contributed by atoms with Gasteiger partial charge in [0.25, 0.3) is 0 Å². The highest BCUT2D eigenvalue weighted by atomic mass is 32.2. The molecule has 0 fully saturated rings. The van der Waals surface area contributed by atoms with Crippen molar-refractivity contribution < 1.29 is 49.7 Å². The summed E-state index contributed by atoms with van der Waals surface area (Å²) in [6.07, 6.45) is -3.06. The van der Waals surface area contributed by atoms with Gasteiger partial charge in [0, 0.05) is 0 Å². The van der Waals surface area contributed by atoms with E-state index >= 15 is 0 Å². The third-order valence-electron chi connectivity index (χ3n) is 0.687. The third kappa shape index (κ3) is 4.37. The molecule has 0 unspecified atom stereocenters. The maximum absolute atomic E-state index is 12.0. The highest BCUT2D eigenvalue weighted by Gasteiger charge is 2.48. The molecule has 0 saturated carbocycles. The van der Waals surface area contributed by atoms with E-state index in [2.05, 4.69) is 14.8 Å². The Morgan fingerprint density at radius 2 is 1.67 bits per heavy atom. The molecule has 0 aromatic carbocycles. The molecule has 15 heavy (non-hydrogen) atoms. The van der Waals surface area contributed by atoms with Crippen molar-refractivity contribution in [3.05, 3.63) is 12.1 Å². The van der Waals surface area contributed by atoms with Gasteiger partial charge >= 0.3 is 27.7 Å². The van der Waals surface area contributed by atoms with E-state index in [1.807, 2.05) is 0 Å². The van der Waals surface area contributed by atoms with Gasteiger partial charge in [0.2, 0.25) is 0 Å². The fraction of sp³-hybridized carbons (Fsp3) is 0.333. The molecule has 0 amide bonds. The van der Waals surface area contributed by atoms with Crippen LogP contribution in [-0.2, 0) is 24.9 Å². The molecular weight excluding hydrogens is 259 g/mol. The van der Waals surface area contributed by atoms with Crippen molar-refractivity contribution in [3.63, 3.8) is 0 Å². The van der Waals surface area contributed by atoms with Gasteiger partial charge in [0.15, 0.2) is 0 Å². The van der Waals surface area contributed by atoms with Gasteiger partial charge in [-0.1, -0.05) is 0 Å². The molecule has 6 nitrogen and oxygen atoms in total. The van der Waals surface area contributed by atoms with Crippen LogP contribution in [0.2, 0.25) is 0 Å². The van der Waals surface area contributed by atoms with Crippen LogP contribution in [0.3, 0.4) is 0 Å². The minimum atomic E-state index is -6.01. The quantitative estimate of drug-likeness (QED) is 0.264. The zero-order valence-corrected chi connectivity index (χ0v) is 7.10. The van der Waals surface area contributed by atoms with E-state index in [4.69, 9.17) is 4.55 Å². The van der Waals surface area contributed by atoms with Crippen LogP contribution in [0, 0.1) is 0 Å². The first-order chi connectivity index (χ1) is 6.58. The number of hydrogen-bond donors (Lipinski definition) is 1. The Kier molecular flexibility index (Phi) is 4.39. The zero-order chi connectivity index (χ0) is 12.3. The normalized spacial score (nSPS) is 12.4. The lowest BCUT2D eigenvalue weighted by atomic mass is 11.0. The smallest absolute Gasteiger partial charge is 0.279 e. The second-order valence-electron chi connectivity index (χ2n) is 1.71. The van der Waals surface area contributed by atoms with Crippen molar-refractivity contribution in [2.75, 3.05) is 0 Å². The van der Waals surface area contributed by atoms with Gasteiger partial charge in [-0.05, 0) is 5.04 Å². The molecule has 0 bridgehead atoms. The summed E-state index contributed by atoms with van der Waals surface area (Å²) in [6.45, 7) is 0. The second-order valence-corrected chi connectivity index (χ2v) is 3.13. The Bertz CT molecular complexity index is 344. The van der Waals surface area contributed by atoms with Crippen LogP contribution in [0.25, 0.3) is 0 Å². The summed E-state index contributed by atoms with van der Waals surface area (Å²) in [5, 5.41) is 2.65. The molecule has 0 aromatic rings. The van der Waals surface area contributed by atoms with E-state index in [9.17, 15) is 30.4 Å². The highest BCUT2D eigenvalue weighted by molar-refractivity contribution is 7.86. The standard InChI is InChI=1S/C3HF5O6S/c4-1(5)2(6)12-14-13-3(7,8)15(9,10)11/h(H,9,10,11). The van der Waals surface area contributed by atoms with Gasteiger partial charge in [-0.15, -0.1) is 4.89 Å². The Balaban J connectivity index is 4.26. The van der Waals surface area contributed by atoms with Crippen molar-refractivity contribution in [1.29, 1.82) is 0 Å². The zero-order valence-electron chi connectivity index (χ0n) is 6.29. The average Bonchev–Trinajstić information content (AvgIpc) is 2.01. The molecular formula is C3HF5O6S. The van der Waals surface area contributed by atoms with Gasteiger partial charge in [0.05, 0.1) is 0 Å². The number of hydrogen-bond acceptors (Lipinski definition) is 5. The number of alkyl halides is 2. The molecule has 0 rings (SSSR count). The largest absolute Gasteiger partial charge is 0.516 e. The Morgan fingerprint density at radius 1 is 1.20 bits per heavy atom. The first-order valence-electron chi connectivity index (χ1n) is 2.66. The lowest BCUT2D eigenvalue weighted by Crippen LogP contribution is -2.31. The Hall–Kier alpha value is -0.980. The Morgan fingerprint density at radius 3 is 2.00 bits per heavy atom. The van der Waals surface area contributed by atoms with E-state index in [-0.39, 0.29) is 0 Å². The summed E-state index contributed by atoms with van der Waals surface area (Å²) in [5.74, 6) is 0. The van der Waals surface area contributed by atoms with Crippen LogP contribution < -0.4 is 0 Å². The SMILES string of the molecule is O=S(=O)(O)C(F)(F)OOOC(F)=C(F)F. The second kappa shape index (κ2) is 4.69. The summed E-state index contributed by atoms with van der Waals surface area (Å²) in [6, 6.07) is -2.72. The lowest BCUT2D eigenvalue weighted by Gasteiger charge is -2.09. The molecule has 1 N–H and O–H groups in total. The first kappa shape index (κ1) is 14.0. The van der Waals surface area contributed by atoms with E-state index < -0.39 is 27.7 Å². The summed E-state index contributed by atoms with van der Waals surface area (Å²) >= 11 is 0. The van der Waals surface area contributed by atoms with Gasteiger partial charge in [0.1, 0.15) is 0 Å². The summed E-state index contributed by atoms with van der Waals surface area (Å²) < 4.78 is 85.2. The van der Waals surface area contributed by atoms with E-state index in [1.54, 1.807) is 0 Å². The van der Waals surface area contributed by atoms with Crippen LogP contribution in [-0.4, -0.2) is 18.4 Å². The van der Waals surface area contributed by atoms with Crippen LogP contribution in [0.4, 0.5) is 22.0 Å². The van der Waals surface area contributed by atoms with E-state index in [0.29, 0.717) is 0 Å². The molecule has 0 aliphatic heterocycles. The Labute approximate surface area is 78.4 Å². The van der Waals surface area contributed by atoms with Gasteiger partial charge in [-0.3, -0.25) is 9.44 Å². The van der Waals surface area contributed by atoms with Crippen LogP contribution in [0.1, 0.15) is 0 Å². The molecule has 0 radical (unpaired) electrons. The monoisotopic (exact) mass is 260 g/mol. The third-order valence-corrected chi connectivity index (χ3v) is 1.36. The minimum Gasteiger partial charge on any atom is -0.279 e. The van der Waals surface area contributed by atoms with Gasteiger partial charge in [-0.2, -0.15) is 30.4 Å². The van der Waals surface area contributed by atoms with Crippen LogP contribution in [0.15, 0.2) is 12.1 Å². The summed E-state index contributed by atoms with van der Waals surface area (Å²) in [7, 11) is -6.01. The molecule has 0 aliphatic carbocycles. The fourth-order valence-electron chi connectivity index (χ4n) is 0.161. The minimum absolute atomic E-state index is 2.51. The first-order valence-corrected chi connectivity index (χ1v) is 4.10. The molecule has 0 saturated heterocycles. The maximum Gasteiger partial charge on any atom is 0.516 e. The maximum atomic E-state index is 12.0. The average molecular weight is 260 g/mol. The van der Waals surface area contributed by atoms with Crippen LogP contribution in [0.5, 0.6) is 0 Å². The van der Waals surface area contributed by atoms with Gasteiger partial charge < -0.3 is 0 Å². The van der Waals surface area contributed by atoms with Crippen molar-refractivity contribution in [1.82, 2.24) is 0 Å². The lowest BCUT2D eigenvalue weighted by molar-refractivity contribution is -0.554. The van der Waals surface area contributed by atoms with Crippen molar-refractivity contribution >= 4 is 10.1 Å². The molecule has 0 aromatic heterocycles. The molecule has 0 heterocycles. The number of rotatable bonds is 5. The molecule has 0 spiro atoms. The predicted molar refractivity (Wildman–Crippen MR) is 30.1 cm³/mol. The summed E-state index contributed by atoms with van der Waals surface area (Å²) in [5.41, 5.74) is -5.29. The topological polar surface area (TPSA) is 82.1 Å². The van der Waals surface area contributed by atoms with E-state index in [1.165, 1.54) is 0 Å². The molecule has 0 atom stereocenters.